The summed E-state index contributed by atoms with van der Waals surface area (Å²) >= 11 is 3.41. The molecule has 1 rings (SSSR count). The van der Waals surface area contributed by atoms with Crippen LogP contribution in [0.25, 0.3) is 0 Å². The minimum Gasteiger partial charge on any atom is -0.478 e. The molecule has 18 heavy (non-hydrogen) atoms. The van der Waals surface area contributed by atoms with Crippen LogP contribution in [-0.2, 0) is 5.41 Å². The highest BCUT2D eigenvalue weighted by molar-refractivity contribution is 9.10. The minimum atomic E-state index is -0.0654. The first-order chi connectivity index (χ1) is 8.43. The van der Waals surface area contributed by atoms with Gasteiger partial charge >= 0.3 is 0 Å². The Balaban J connectivity index is 2.58. The second-order valence-electron chi connectivity index (χ2n) is 5.51. The molecule has 0 radical (unpaired) electrons. The Kier molecular flexibility index (Phi) is 6.06. The van der Waals surface area contributed by atoms with Gasteiger partial charge in [0.15, 0.2) is 0 Å². The van der Waals surface area contributed by atoms with Gasteiger partial charge in [-0.3, -0.25) is 0 Å². The second-order valence-corrected chi connectivity index (χ2v) is 6.32. The molecule has 102 valence electrons. The Hall–Kier alpha value is -0.640. The molecule has 0 aliphatic rings. The summed E-state index contributed by atoms with van der Waals surface area (Å²) in [5, 5.41) is 0. The first-order valence-electron chi connectivity index (χ1n) is 6.61. The molecule has 1 aromatic rings. The van der Waals surface area contributed by atoms with Gasteiger partial charge in [-0.1, -0.05) is 47.0 Å². The highest BCUT2D eigenvalue weighted by Gasteiger charge is 2.19. The molecule has 0 unspecified atom stereocenters. The summed E-state index contributed by atoms with van der Waals surface area (Å²) in [6.45, 7) is 9.23. The fraction of sp³-hybridized carbons (Fsp3) is 0.714. The molecule has 0 amide bonds. The molecule has 0 aromatic carbocycles. The van der Waals surface area contributed by atoms with Crippen molar-refractivity contribution >= 4 is 15.9 Å². The van der Waals surface area contributed by atoms with E-state index in [1.165, 1.54) is 19.3 Å². The summed E-state index contributed by atoms with van der Waals surface area (Å²) < 4.78 is 6.47. The van der Waals surface area contributed by atoms with Gasteiger partial charge in [-0.15, -0.1) is 0 Å². The van der Waals surface area contributed by atoms with Crippen LogP contribution in [0.3, 0.4) is 0 Å². The second kappa shape index (κ2) is 7.07. The van der Waals surface area contributed by atoms with Crippen molar-refractivity contribution in [2.45, 2.75) is 58.8 Å². The zero-order valence-corrected chi connectivity index (χ0v) is 13.4. The average Bonchev–Trinajstić information content (AvgIpc) is 2.27. The van der Waals surface area contributed by atoms with E-state index in [0.717, 1.165) is 23.5 Å². The van der Waals surface area contributed by atoms with Gasteiger partial charge in [0.05, 0.1) is 6.61 Å². The molecule has 0 fully saturated rings. The summed E-state index contributed by atoms with van der Waals surface area (Å²) in [5.41, 5.74) is -0.0654. The Labute approximate surface area is 119 Å². The monoisotopic (exact) mass is 314 g/mol. The molecular weight excluding hydrogens is 292 g/mol. The largest absolute Gasteiger partial charge is 0.478 e. The lowest BCUT2D eigenvalue weighted by Crippen LogP contribution is -2.16. The van der Waals surface area contributed by atoms with Crippen molar-refractivity contribution in [2.24, 2.45) is 0 Å². The molecule has 1 heterocycles. The zero-order valence-electron chi connectivity index (χ0n) is 11.8. The summed E-state index contributed by atoms with van der Waals surface area (Å²) in [6.07, 6.45) is 4.81. The van der Waals surface area contributed by atoms with Gasteiger partial charge in [-0.05, 0) is 22.4 Å². The van der Waals surface area contributed by atoms with E-state index in [9.17, 15) is 0 Å². The normalized spacial score (nSPS) is 11.6. The number of hydrogen-bond acceptors (Lipinski definition) is 3. The SMILES string of the molecule is CCCCCCOc1cc(Br)nc(C(C)(C)C)n1. The molecule has 4 heteroatoms. The fourth-order valence-corrected chi connectivity index (χ4v) is 1.88. The van der Waals surface area contributed by atoms with Crippen LogP contribution < -0.4 is 4.74 Å². The molecule has 0 bridgehead atoms. The predicted molar refractivity (Wildman–Crippen MR) is 78.1 cm³/mol. The molecule has 0 saturated carbocycles. The van der Waals surface area contributed by atoms with Crippen molar-refractivity contribution in [3.63, 3.8) is 0 Å². The van der Waals surface area contributed by atoms with Crippen LogP contribution in [0, 0.1) is 0 Å². The first-order valence-corrected chi connectivity index (χ1v) is 7.40. The van der Waals surface area contributed by atoms with Crippen molar-refractivity contribution in [1.29, 1.82) is 0 Å². The minimum absolute atomic E-state index is 0.0654. The van der Waals surface area contributed by atoms with Crippen molar-refractivity contribution in [3.05, 3.63) is 16.5 Å². The van der Waals surface area contributed by atoms with Gasteiger partial charge in [0.1, 0.15) is 10.4 Å². The predicted octanol–water partition coefficient (Wildman–Crippen LogP) is 4.50. The number of halogens is 1. The van der Waals surface area contributed by atoms with E-state index in [1.807, 2.05) is 6.07 Å². The Morgan fingerprint density at radius 1 is 1.17 bits per heavy atom. The average molecular weight is 315 g/mol. The van der Waals surface area contributed by atoms with Crippen LogP contribution in [0.4, 0.5) is 0 Å². The third kappa shape index (κ3) is 5.34. The number of rotatable bonds is 6. The first kappa shape index (κ1) is 15.4. The highest BCUT2D eigenvalue weighted by Crippen LogP contribution is 2.23. The maximum atomic E-state index is 5.69. The standard InChI is InChI=1S/C14H23BrN2O/c1-5-6-7-8-9-18-12-10-11(15)16-13(17-12)14(2,3)4/h10H,5-9H2,1-4H3. The van der Waals surface area contributed by atoms with Crippen LogP contribution in [0.5, 0.6) is 5.88 Å². The summed E-state index contributed by atoms with van der Waals surface area (Å²) in [4.78, 5) is 8.85. The van der Waals surface area contributed by atoms with E-state index >= 15 is 0 Å². The Morgan fingerprint density at radius 2 is 1.89 bits per heavy atom. The lowest BCUT2D eigenvalue weighted by Gasteiger charge is -2.17. The molecule has 1 aromatic heterocycles. The van der Waals surface area contributed by atoms with Crippen molar-refractivity contribution in [2.75, 3.05) is 6.61 Å². The summed E-state index contributed by atoms with van der Waals surface area (Å²) in [7, 11) is 0. The van der Waals surface area contributed by atoms with E-state index in [-0.39, 0.29) is 5.41 Å². The fourth-order valence-electron chi connectivity index (χ4n) is 1.51. The van der Waals surface area contributed by atoms with Crippen molar-refractivity contribution in [1.82, 2.24) is 9.97 Å². The van der Waals surface area contributed by atoms with E-state index in [0.29, 0.717) is 5.88 Å². The van der Waals surface area contributed by atoms with Crippen molar-refractivity contribution < 1.29 is 4.74 Å². The van der Waals surface area contributed by atoms with Gasteiger partial charge in [-0.25, -0.2) is 4.98 Å². The summed E-state index contributed by atoms with van der Waals surface area (Å²) in [6, 6.07) is 1.83. The van der Waals surface area contributed by atoms with E-state index in [1.54, 1.807) is 0 Å². The van der Waals surface area contributed by atoms with Gasteiger partial charge in [0.2, 0.25) is 5.88 Å². The molecule has 3 nitrogen and oxygen atoms in total. The van der Waals surface area contributed by atoms with Crippen LogP contribution in [-0.4, -0.2) is 16.6 Å². The number of aromatic nitrogens is 2. The lowest BCUT2D eigenvalue weighted by molar-refractivity contribution is 0.290. The van der Waals surface area contributed by atoms with Crippen LogP contribution >= 0.6 is 15.9 Å². The van der Waals surface area contributed by atoms with Gasteiger partial charge in [0.25, 0.3) is 0 Å². The van der Waals surface area contributed by atoms with Crippen molar-refractivity contribution in [3.8, 4) is 5.88 Å². The third-order valence-corrected chi connectivity index (χ3v) is 3.00. The Morgan fingerprint density at radius 3 is 2.50 bits per heavy atom. The van der Waals surface area contributed by atoms with Crippen LogP contribution in [0.15, 0.2) is 10.7 Å². The topological polar surface area (TPSA) is 35.0 Å². The van der Waals surface area contributed by atoms with Gasteiger partial charge in [-0.2, -0.15) is 4.98 Å². The molecule has 0 atom stereocenters. The Bertz CT molecular complexity index is 375. The molecule has 0 aliphatic carbocycles. The third-order valence-electron chi connectivity index (χ3n) is 2.59. The van der Waals surface area contributed by atoms with Crippen LogP contribution in [0.2, 0.25) is 0 Å². The molecule has 0 spiro atoms. The van der Waals surface area contributed by atoms with E-state index < -0.39 is 0 Å². The number of nitrogens with zero attached hydrogens (tertiary/aromatic N) is 2. The maximum Gasteiger partial charge on any atom is 0.217 e. The maximum absolute atomic E-state index is 5.69. The molecular formula is C14H23BrN2O. The smallest absolute Gasteiger partial charge is 0.217 e. The summed E-state index contributed by atoms with van der Waals surface area (Å²) in [5.74, 6) is 1.47. The molecule has 0 aliphatic heterocycles. The van der Waals surface area contributed by atoms with E-state index in [4.69, 9.17) is 4.74 Å². The van der Waals surface area contributed by atoms with Gasteiger partial charge in [0, 0.05) is 11.5 Å². The van der Waals surface area contributed by atoms with E-state index in [2.05, 4.69) is 53.6 Å². The quantitative estimate of drug-likeness (QED) is 0.573. The number of unbranched alkanes of at least 4 members (excludes halogenated alkanes) is 3. The number of ether oxygens (including phenoxy) is 1. The van der Waals surface area contributed by atoms with Crippen LogP contribution in [0.1, 0.15) is 59.2 Å². The molecule has 0 saturated heterocycles. The number of hydrogen-bond donors (Lipinski definition) is 0. The highest BCUT2D eigenvalue weighted by atomic mass is 79.9. The lowest BCUT2D eigenvalue weighted by atomic mass is 9.96. The molecule has 0 N–H and O–H groups in total. The zero-order chi connectivity index (χ0) is 13.6. The van der Waals surface area contributed by atoms with Gasteiger partial charge < -0.3 is 4.74 Å².